The van der Waals surface area contributed by atoms with Crippen molar-refractivity contribution in [1.29, 1.82) is 0 Å². The number of anilines is 2. The predicted octanol–water partition coefficient (Wildman–Crippen LogP) is 6.42. The summed E-state index contributed by atoms with van der Waals surface area (Å²) in [6.45, 7) is 2.63. The molecule has 11 nitrogen and oxygen atoms in total. The van der Waals surface area contributed by atoms with Gasteiger partial charge in [-0.2, -0.15) is 0 Å². The number of pyridine rings is 1. The molecule has 51 heavy (non-hydrogen) atoms. The minimum absolute atomic E-state index is 0.0659. The summed E-state index contributed by atoms with van der Waals surface area (Å²) in [5.41, 5.74) is 4.52. The highest BCUT2D eigenvalue weighted by molar-refractivity contribution is 6.33. The molecule has 1 saturated heterocycles. The fourth-order valence-corrected chi connectivity index (χ4v) is 6.51. The smallest absolute Gasteiger partial charge is 0.411 e. The van der Waals surface area contributed by atoms with Gasteiger partial charge < -0.3 is 35.5 Å². The van der Waals surface area contributed by atoms with Crippen molar-refractivity contribution in [2.45, 2.75) is 38.0 Å². The largest absolute Gasteiger partial charge is 0.506 e. The fraction of sp³-hybridized carbons (Fsp3) is 0.256. The van der Waals surface area contributed by atoms with Gasteiger partial charge in [0.05, 0.1) is 28.0 Å². The van der Waals surface area contributed by atoms with Crippen LogP contribution < -0.4 is 21.5 Å². The molecule has 0 saturated carbocycles. The van der Waals surface area contributed by atoms with Crippen molar-refractivity contribution >= 4 is 45.9 Å². The van der Waals surface area contributed by atoms with E-state index in [-0.39, 0.29) is 35.4 Å². The number of H-pyrrole nitrogens is 1. The average molecular weight is 710 g/mol. The molecule has 1 fully saturated rings. The third-order valence-electron chi connectivity index (χ3n) is 8.95. The Morgan fingerprint density at radius 3 is 2.47 bits per heavy atom. The second-order valence-corrected chi connectivity index (χ2v) is 12.9. The second-order valence-electron chi connectivity index (χ2n) is 12.5. The lowest BCUT2D eigenvalue weighted by Gasteiger charge is -2.31. The zero-order chi connectivity index (χ0) is 35.7. The van der Waals surface area contributed by atoms with Crippen molar-refractivity contribution in [2.24, 2.45) is 0 Å². The Morgan fingerprint density at radius 2 is 1.69 bits per heavy atom. The number of hydrogen-bond donors (Lipinski definition) is 6. The van der Waals surface area contributed by atoms with Gasteiger partial charge in [0.2, 0.25) is 11.5 Å². The van der Waals surface area contributed by atoms with Crippen molar-refractivity contribution in [3.63, 3.8) is 0 Å². The van der Waals surface area contributed by atoms with Crippen LogP contribution in [-0.4, -0.2) is 64.4 Å². The molecule has 0 radical (unpaired) electrons. The van der Waals surface area contributed by atoms with E-state index in [9.17, 15) is 24.6 Å². The number of amides is 2. The lowest BCUT2D eigenvalue weighted by molar-refractivity contribution is -0.116. The van der Waals surface area contributed by atoms with E-state index in [2.05, 4.69) is 25.8 Å². The highest BCUT2D eigenvalue weighted by Gasteiger charge is 2.23. The number of halogens is 1. The molecule has 1 aliphatic rings. The average Bonchev–Trinajstić information content (AvgIpc) is 3.13. The molecule has 12 heteroatoms. The van der Waals surface area contributed by atoms with Gasteiger partial charge >= 0.3 is 6.09 Å². The molecule has 1 aliphatic heterocycles. The van der Waals surface area contributed by atoms with Crippen molar-refractivity contribution in [2.75, 3.05) is 36.8 Å². The SMILES string of the molecule is O=C(CCN1CCC(OC(=O)Nc2ccccc2-c2ccccc2)CC1)Nc1ccc(CNC[C@H](O)c2ccc(O)c3[nH]c(=O)ccc23)cc1Cl. The summed E-state index contributed by atoms with van der Waals surface area (Å²) in [6.07, 6.45) is 0.0856. The number of nitrogens with zero attached hydrogens (tertiary/aromatic N) is 1. The Kier molecular flexibility index (Phi) is 11.6. The number of aromatic hydroxyl groups is 1. The summed E-state index contributed by atoms with van der Waals surface area (Å²) in [6, 6.07) is 28.9. The second kappa shape index (κ2) is 16.7. The van der Waals surface area contributed by atoms with Gasteiger partial charge in [0.1, 0.15) is 11.9 Å². The van der Waals surface area contributed by atoms with Gasteiger partial charge in [-0.1, -0.05) is 72.3 Å². The molecule has 2 heterocycles. The topological polar surface area (TPSA) is 156 Å². The van der Waals surface area contributed by atoms with Crippen molar-refractivity contribution in [3.05, 3.63) is 124 Å². The Hall–Kier alpha value is -5.20. The van der Waals surface area contributed by atoms with E-state index < -0.39 is 12.2 Å². The quantitative estimate of drug-likeness (QED) is 0.0867. The molecular formula is C39H40ClN5O6. The van der Waals surface area contributed by atoms with E-state index >= 15 is 0 Å². The number of hydrogen-bond acceptors (Lipinski definition) is 8. The van der Waals surface area contributed by atoms with Gasteiger partial charge in [0.15, 0.2) is 0 Å². The highest BCUT2D eigenvalue weighted by atomic mass is 35.5. The molecule has 264 valence electrons. The van der Waals surface area contributed by atoms with Gasteiger partial charge in [-0.15, -0.1) is 0 Å². The van der Waals surface area contributed by atoms with E-state index in [1.807, 2.05) is 60.7 Å². The van der Waals surface area contributed by atoms with Crippen LogP contribution in [0.25, 0.3) is 22.0 Å². The first-order valence-corrected chi connectivity index (χ1v) is 17.3. The van der Waals surface area contributed by atoms with E-state index in [0.29, 0.717) is 72.8 Å². The van der Waals surface area contributed by atoms with Crippen LogP contribution in [0, 0.1) is 0 Å². The molecule has 6 N–H and O–H groups in total. The minimum Gasteiger partial charge on any atom is -0.506 e. The number of phenolic OH excluding ortho intramolecular Hbond substituents is 1. The molecule has 0 aliphatic carbocycles. The first-order chi connectivity index (χ1) is 24.7. The lowest BCUT2D eigenvalue weighted by Crippen LogP contribution is -2.39. The van der Waals surface area contributed by atoms with Crippen LogP contribution in [0.3, 0.4) is 0 Å². The number of rotatable bonds is 12. The molecule has 1 aromatic heterocycles. The van der Waals surface area contributed by atoms with Gasteiger partial charge in [-0.25, -0.2) is 4.79 Å². The molecular weight excluding hydrogens is 670 g/mol. The number of nitrogens with one attached hydrogen (secondary N) is 4. The number of carbonyl (C=O) groups excluding carboxylic acids is 2. The number of phenols is 1. The van der Waals surface area contributed by atoms with Crippen molar-refractivity contribution in [3.8, 4) is 16.9 Å². The van der Waals surface area contributed by atoms with E-state index in [1.54, 1.807) is 24.3 Å². The molecule has 5 aromatic rings. The van der Waals surface area contributed by atoms with Crippen LogP contribution in [0.2, 0.25) is 5.02 Å². The van der Waals surface area contributed by atoms with Crippen LogP contribution >= 0.6 is 11.6 Å². The van der Waals surface area contributed by atoms with Crippen LogP contribution in [0.4, 0.5) is 16.2 Å². The molecule has 0 bridgehead atoms. The van der Waals surface area contributed by atoms with E-state index in [4.69, 9.17) is 16.3 Å². The zero-order valence-electron chi connectivity index (χ0n) is 27.9. The number of aromatic amines is 1. The third kappa shape index (κ3) is 9.33. The number of aliphatic hydroxyl groups excluding tert-OH is 1. The highest BCUT2D eigenvalue weighted by Crippen LogP contribution is 2.30. The number of piperidine rings is 1. The normalized spacial score (nSPS) is 14.2. The summed E-state index contributed by atoms with van der Waals surface area (Å²) in [5.74, 6) is -0.216. The van der Waals surface area contributed by atoms with Gasteiger partial charge in [0.25, 0.3) is 0 Å². The minimum atomic E-state index is -0.890. The molecule has 6 rings (SSSR count). The molecule has 0 spiro atoms. The predicted molar refractivity (Wildman–Crippen MR) is 199 cm³/mol. The maximum absolute atomic E-state index is 12.8. The molecule has 4 aromatic carbocycles. The van der Waals surface area contributed by atoms with Crippen LogP contribution in [0.15, 0.2) is 102 Å². The number of fused-ring (bicyclic) bond motifs is 1. The van der Waals surface area contributed by atoms with Gasteiger partial charge in [-0.05, 0) is 59.9 Å². The molecule has 0 unspecified atom stereocenters. The van der Waals surface area contributed by atoms with Crippen LogP contribution in [-0.2, 0) is 16.1 Å². The Morgan fingerprint density at radius 1 is 0.922 bits per heavy atom. The summed E-state index contributed by atoms with van der Waals surface area (Å²) >= 11 is 6.50. The standard InChI is InChI=1S/C39H40ClN5O6/c40-31-22-25(23-41-24-35(47)29-11-14-34(46)38-30(29)12-15-36(48)44-38)10-13-33(31)42-37(49)18-21-45-19-16-27(17-20-45)51-39(50)43-32-9-5-4-8-28(32)26-6-2-1-3-7-26/h1-15,22,27,35,41,46-47H,16-21,23-24H2,(H,42,49)(H,43,50)(H,44,48)/t35-/m0/s1. The van der Waals surface area contributed by atoms with Gasteiger partial charge in [-0.3, -0.25) is 14.9 Å². The first kappa shape index (κ1) is 35.6. The molecule has 1 atom stereocenters. The molecule has 2 amide bonds. The summed E-state index contributed by atoms with van der Waals surface area (Å²) < 4.78 is 5.73. The van der Waals surface area contributed by atoms with Crippen LogP contribution in [0.5, 0.6) is 5.75 Å². The Bertz CT molecular complexity index is 2050. The number of aliphatic hydroxyl groups is 1. The van der Waals surface area contributed by atoms with Crippen molar-refractivity contribution in [1.82, 2.24) is 15.2 Å². The maximum atomic E-state index is 12.8. The number of ether oxygens (including phenoxy) is 1. The number of likely N-dealkylation sites (tertiary alicyclic amines) is 1. The fourth-order valence-electron chi connectivity index (χ4n) is 6.26. The Labute approximate surface area is 300 Å². The monoisotopic (exact) mass is 709 g/mol. The number of para-hydroxylation sites is 1. The van der Waals surface area contributed by atoms with Crippen molar-refractivity contribution < 1.29 is 24.5 Å². The van der Waals surface area contributed by atoms with E-state index in [1.165, 1.54) is 12.1 Å². The summed E-state index contributed by atoms with van der Waals surface area (Å²) in [7, 11) is 0. The third-order valence-corrected chi connectivity index (χ3v) is 9.26. The lowest BCUT2D eigenvalue weighted by atomic mass is 10.0. The summed E-state index contributed by atoms with van der Waals surface area (Å²) in [5, 5.41) is 30.9. The van der Waals surface area contributed by atoms with E-state index in [0.717, 1.165) is 16.7 Å². The number of benzene rings is 4. The zero-order valence-corrected chi connectivity index (χ0v) is 28.7. The van der Waals surface area contributed by atoms with Crippen LogP contribution in [0.1, 0.15) is 36.5 Å². The number of aromatic nitrogens is 1. The summed E-state index contributed by atoms with van der Waals surface area (Å²) in [4.78, 5) is 42.0. The maximum Gasteiger partial charge on any atom is 0.411 e. The van der Waals surface area contributed by atoms with Gasteiger partial charge in [0, 0.05) is 56.2 Å². The Balaban J connectivity index is 0.906. The number of carbonyl (C=O) groups is 2. The first-order valence-electron chi connectivity index (χ1n) is 16.9.